The van der Waals surface area contributed by atoms with E-state index in [1.807, 2.05) is 11.8 Å². The van der Waals surface area contributed by atoms with Gasteiger partial charge in [-0.05, 0) is 103 Å². The molecule has 0 N–H and O–H groups in total. The molecule has 0 atom stereocenters. The topological polar surface area (TPSA) is 9.23 Å². The molecule has 4 aliphatic rings. The minimum Gasteiger partial charge on any atom is -0.457 e. The van der Waals surface area contributed by atoms with E-state index in [0.29, 0.717) is 0 Å². The van der Waals surface area contributed by atoms with Crippen LogP contribution in [0.5, 0.6) is 11.5 Å². The summed E-state index contributed by atoms with van der Waals surface area (Å²) in [6.07, 6.45) is 0. The zero-order valence-electron chi connectivity index (χ0n) is 28.1. The second-order valence-electron chi connectivity index (χ2n) is 14.3. The third kappa shape index (κ3) is 3.41. The van der Waals surface area contributed by atoms with E-state index in [9.17, 15) is 0 Å². The van der Waals surface area contributed by atoms with Crippen molar-refractivity contribution < 1.29 is 4.74 Å². The van der Waals surface area contributed by atoms with Gasteiger partial charge in [0, 0.05) is 20.9 Å². The second-order valence-corrected chi connectivity index (χ2v) is 15.4. The largest absolute Gasteiger partial charge is 0.457 e. The molecule has 8 aromatic carbocycles. The molecule has 52 heavy (non-hydrogen) atoms. The standard InChI is InChI=1S/C50H30OS/c1-5-17-37-33(13-1)34-14-2-6-18-38(34)49(37)41-21-9-11-23-45(41)51-46-27-25-31(29-43(46)49)32-26-28-48-44(30-32)50(42-22-10-12-24-47(42)52-48)39-19-7-3-15-35(39)36-16-4-8-20-40(36)50/h1-30H. The van der Waals surface area contributed by atoms with Gasteiger partial charge in [0.05, 0.1) is 10.8 Å². The third-order valence-electron chi connectivity index (χ3n) is 12.0. The van der Waals surface area contributed by atoms with Crippen molar-refractivity contribution in [2.24, 2.45) is 0 Å². The highest BCUT2D eigenvalue weighted by Crippen LogP contribution is 2.64. The van der Waals surface area contributed by atoms with Gasteiger partial charge in [0.15, 0.2) is 0 Å². The summed E-state index contributed by atoms with van der Waals surface area (Å²) in [4.78, 5) is 2.62. The average Bonchev–Trinajstić information content (AvgIpc) is 3.67. The molecule has 2 heteroatoms. The Bertz CT molecular complexity index is 2540. The van der Waals surface area contributed by atoms with Crippen LogP contribution in [0.1, 0.15) is 44.5 Å². The van der Waals surface area contributed by atoms with Gasteiger partial charge in [-0.1, -0.05) is 157 Å². The molecule has 0 saturated carbocycles. The molecular weight excluding hydrogens is 649 g/mol. The second kappa shape index (κ2) is 10.3. The van der Waals surface area contributed by atoms with Crippen molar-refractivity contribution in [3.63, 3.8) is 0 Å². The van der Waals surface area contributed by atoms with Crippen LogP contribution in [0.25, 0.3) is 33.4 Å². The summed E-state index contributed by atoms with van der Waals surface area (Å²) in [7, 11) is 0. The first-order valence-corrected chi connectivity index (χ1v) is 18.8. The van der Waals surface area contributed by atoms with Crippen LogP contribution in [0.15, 0.2) is 192 Å². The number of hydrogen-bond donors (Lipinski definition) is 0. The minimum atomic E-state index is -0.499. The minimum absolute atomic E-state index is 0.415. The number of para-hydroxylation sites is 1. The Balaban J connectivity index is 1.13. The SMILES string of the molecule is c1ccc2c(c1)Oc1ccc(-c3ccc4c(c3)C3(c5ccccc5S4)c4ccccc4-c4ccccc43)cc1C21c2ccccc2-c2ccccc21. The molecule has 0 radical (unpaired) electrons. The van der Waals surface area contributed by atoms with Gasteiger partial charge in [0.25, 0.3) is 0 Å². The Labute approximate surface area is 307 Å². The Hall–Kier alpha value is -6.09. The van der Waals surface area contributed by atoms with Gasteiger partial charge in [-0.3, -0.25) is 0 Å². The van der Waals surface area contributed by atoms with E-state index in [-0.39, 0.29) is 0 Å². The van der Waals surface area contributed by atoms with Crippen molar-refractivity contribution >= 4 is 11.8 Å². The van der Waals surface area contributed by atoms with Gasteiger partial charge in [-0.15, -0.1) is 0 Å². The van der Waals surface area contributed by atoms with Crippen LogP contribution in [0.2, 0.25) is 0 Å². The summed E-state index contributed by atoms with van der Waals surface area (Å²) in [5.74, 6) is 1.82. The molecule has 0 fully saturated rings. The fraction of sp³-hybridized carbons (Fsp3) is 0.0400. The van der Waals surface area contributed by atoms with Gasteiger partial charge in [-0.2, -0.15) is 0 Å². The van der Waals surface area contributed by atoms with E-state index in [4.69, 9.17) is 4.74 Å². The molecule has 2 aliphatic carbocycles. The molecule has 0 saturated heterocycles. The summed E-state index contributed by atoms with van der Waals surface area (Å²) in [5.41, 5.74) is 17.1. The summed E-state index contributed by atoms with van der Waals surface area (Å²) in [5, 5.41) is 0. The summed E-state index contributed by atoms with van der Waals surface area (Å²) in [6.45, 7) is 0. The molecule has 242 valence electrons. The van der Waals surface area contributed by atoms with Crippen LogP contribution in [-0.2, 0) is 10.8 Å². The lowest BCUT2D eigenvalue weighted by molar-refractivity contribution is 0.436. The third-order valence-corrected chi connectivity index (χ3v) is 13.2. The molecule has 8 aromatic rings. The smallest absolute Gasteiger partial charge is 0.132 e. The van der Waals surface area contributed by atoms with Crippen molar-refractivity contribution in [1.29, 1.82) is 0 Å². The molecule has 0 unspecified atom stereocenters. The highest BCUT2D eigenvalue weighted by molar-refractivity contribution is 7.99. The van der Waals surface area contributed by atoms with Crippen molar-refractivity contribution in [2.45, 2.75) is 20.6 Å². The van der Waals surface area contributed by atoms with Crippen molar-refractivity contribution in [3.8, 4) is 44.9 Å². The predicted molar refractivity (Wildman–Crippen MR) is 211 cm³/mol. The van der Waals surface area contributed by atoms with Gasteiger partial charge >= 0.3 is 0 Å². The van der Waals surface area contributed by atoms with Gasteiger partial charge in [0.1, 0.15) is 11.5 Å². The predicted octanol–water partition coefficient (Wildman–Crippen LogP) is 12.7. The Kier molecular flexibility index (Phi) is 5.64. The number of rotatable bonds is 1. The molecule has 2 heterocycles. The highest BCUT2D eigenvalue weighted by atomic mass is 32.2. The van der Waals surface area contributed by atoms with E-state index in [2.05, 4.69) is 182 Å². The van der Waals surface area contributed by atoms with Crippen molar-refractivity contribution in [3.05, 3.63) is 226 Å². The van der Waals surface area contributed by atoms with E-state index >= 15 is 0 Å². The van der Waals surface area contributed by atoms with Crippen LogP contribution >= 0.6 is 11.8 Å². The Morgan fingerprint density at radius 3 is 1.31 bits per heavy atom. The molecule has 0 aromatic heterocycles. The van der Waals surface area contributed by atoms with Crippen LogP contribution in [-0.4, -0.2) is 0 Å². The zero-order valence-corrected chi connectivity index (χ0v) is 29.0. The normalized spacial score (nSPS) is 15.3. The Morgan fingerprint density at radius 1 is 0.308 bits per heavy atom. The van der Waals surface area contributed by atoms with E-state index in [1.54, 1.807) is 0 Å². The van der Waals surface area contributed by atoms with Crippen molar-refractivity contribution in [2.75, 3.05) is 0 Å². The molecular formula is C50H30OS. The lowest BCUT2D eigenvalue weighted by Gasteiger charge is -2.40. The molecule has 2 spiro atoms. The van der Waals surface area contributed by atoms with Crippen LogP contribution in [0.3, 0.4) is 0 Å². The molecule has 1 nitrogen and oxygen atoms in total. The quantitative estimate of drug-likeness (QED) is 0.171. The molecule has 0 amide bonds. The maximum atomic E-state index is 6.77. The van der Waals surface area contributed by atoms with Gasteiger partial charge < -0.3 is 4.74 Å². The highest BCUT2D eigenvalue weighted by Gasteiger charge is 2.52. The van der Waals surface area contributed by atoms with E-state index in [0.717, 1.165) is 11.5 Å². The summed E-state index contributed by atoms with van der Waals surface area (Å²) >= 11 is 1.89. The maximum Gasteiger partial charge on any atom is 0.132 e. The molecule has 12 rings (SSSR count). The summed E-state index contributed by atoms with van der Waals surface area (Å²) < 4.78 is 6.77. The van der Waals surface area contributed by atoms with Crippen LogP contribution in [0.4, 0.5) is 0 Å². The maximum absolute atomic E-state index is 6.77. The molecule has 0 bridgehead atoms. The number of fused-ring (bicyclic) bond motifs is 18. The average molecular weight is 679 g/mol. The summed E-state index contributed by atoms with van der Waals surface area (Å²) in [6, 6.07) is 67.6. The number of hydrogen-bond acceptors (Lipinski definition) is 2. The van der Waals surface area contributed by atoms with E-state index < -0.39 is 10.8 Å². The number of ether oxygens (including phenoxy) is 1. The van der Waals surface area contributed by atoms with Gasteiger partial charge in [-0.25, -0.2) is 0 Å². The number of benzene rings is 8. The van der Waals surface area contributed by atoms with Crippen molar-refractivity contribution in [1.82, 2.24) is 0 Å². The van der Waals surface area contributed by atoms with E-state index in [1.165, 1.54) is 87.7 Å². The first-order valence-electron chi connectivity index (χ1n) is 18.0. The molecule has 2 aliphatic heterocycles. The lowest BCUT2D eigenvalue weighted by Crippen LogP contribution is -2.32. The van der Waals surface area contributed by atoms with Crippen LogP contribution in [0, 0.1) is 0 Å². The van der Waals surface area contributed by atoms with Crippen LogP contribution < -0.4 is 4.74 Å². The Morgan fingerprint density at radius 2 is 0.712 bits per heavy atom. The van der Waals surface area contributed by atoms with Gasteiger partial charge in [0.2, 0.25) is 0 Å². The lowest BCUT2D eigenvalue weighted by atomic mass is 9.65. The fourth-order valence-corrected chi connectivity index (χ4v) is 11.2. The first kappa shape index (κ1) is 28.6. The fourth-order valence-electron chi connectivity index (χ4n) is 10.1. The zero-order chi connectivity index (χ0) is 34.0. The first-order chi connectivity index (χ1) is 25.8. The monoisotopic (exact) mass is 678 g/mol.